The molecule has 0 aliphatic heterocycles. The molecule has 0 fully saturated rings. The standard InChI is InChI=1S/C33H22N3O.Ir/c1-2-35-28-13-6-5-11-25(28)27-19-22(14-15-29(27)35)21-8-7-9-23(18-21)33-32-26-12-4-3-10-24(26)30-16-17-34-36(30)31(32)20-37-33;/h3-19H,2H2,1H3;/q-1;. The number of aromatic nitrogens is 3. The van der Waals surface area contributed by atoms with Crippen LogP contribution in [0.3, 0.4) is 0 Å². The van der Waals surface area contributed by atoms with Gasteiger partial charge in [-0.2, -0.15) is 5.10 Å². The van der Waals surface area contributed by atoms with Crippen LogP contribution in [0.15, 0.2) is 108 Å². The molecule has 0 amide bonds. The zero-order chi connectivity index (χ0) is 24.5. The average molecular weight is 669 g/mol. The summed E-state index contributed by atoms with van der Waals surface area (Å²) >= 11 is 0. The first-order chi connectivity index (χ1) is 18.3. The summed E-state index contributed by atoms with van der Waals surface area (Å²) < 4.78 is 10.4. The maximum absolute atomic E-state index is 6.13. The molecule has 0 bridgehead atoms. The number of hydrogen-bond donors (Lipinski definition) is 0. The van der Waals surface area contributed by atoms with Crippen LogP contribution in [0, 0.1) is 6.26 Å². The van der Waals surface area contributed by atoms with E-state index in [4.69, 9.17) is 4.42 Å². The molecule has 1 radical (unpaired) electrons. The fraction of sp³-hybridized carbons (Fsp3) is 0.0606. The average Bonchev–Trinajstić information content (AvgIpc) is 3.69. The van der Waals surface area contributed by atoms with Gasteiger partial charge in [-0.3, -0.25) is 4.52 Å². The van der Waals surface area contributed by atoms with Crippen molar-refractivity contribution in [3.63, 3.8) is 0 Å². The second-order valence-electron chi connectivity index (χ2n) is 9.50. The molecule has 0 unspecified atom stereocenters. The first kappa shape index (κ1) is 23.0. The van der Waals surface area contributed by atoms with E-state index in [1.54, 1.807) is 0 Å². The minimum absolute atomic E-state index is 0. The van der Waals surface area contributed by atoms with E-state index >= 15 is 0 Å². The summed E-state index contributed by atoms with van der Waals surface area (Å²) in [6, 6.07) is 34.5. The summed E-state index contributed by atoms with van der Waals surface area (Å²) in [5, 5.41) is 10.5. The van der Waals surface area contributed by atoms with E-state index in [1.165, 1.54) is 27.4 Å². The molecule has 0 N–H and O–H groups in total. The van der Waals surface area contributed by atoms with Gasteiger partial charge >= 0.3 is 0 Å². The molecule has 4 heterocycles. The zero-order valence-electron chi connectivity index (χ0n) is 20.6. The van der Waals surface area contributed by atoms with E-state index in [-0.39, 0.29) is 20.1 Å². The van der Waals surface area contributed by atoms with Crippen molar-refractivity contribution in [3.05, 3.63) is 110 Å². The van der Waals surface area contributed by atoms with Gasteiger partial charge in [0.15, 0.2) is 0 Å². The Kier molecular flexibility index (Phi) is 5.26. The van der Waals surface area contributed by atoms with Gasteiger partial charge in [0.25, 0.3) is 0 Å². The van der Waals surface area contributed by atoms with Crippen molar-refractivity contribution in [2.24, 2.45) is 0 Å². The van der Waals surface area contributed by atoms with Crippen LogP contribution >= 0.6 is 0 Å². The minimum atomic E-state index is 0. The molecule has 0 spiro atoms. The Morgan fingerprint density at radius 2 is 1.39 bits per heavy atom. The van der Waals surface area contributed by atoms with Gasteiger partial charge in [-0.1, -0.05) is 83.7 Å². The van der Waals surface area contributed by atoms with Crippen LogP contribution in [0.5, 0.6) is 0 Å². The molecular formula is C33H22IrN3O-. The molecule has 4 nitrogen and oxygen atoms in total. The zero-order valence-corrected chi connectivity index (χ0v) is 23.0. The molecule has 0 atom stereocenters. The van der Waals surface area contributed by atoms with Crippen LogP contribution in [-0.2, 0) is 26.7 Å². The molecule has 0 aliphatic carbocycles. The molecule has 8 rings (SSSR count). The van der Waals surface area contributed by atoms with Crippen molar-refractivity contribution in [2.75, 3.05) is 0 Å². The SMILES string of the molecule is CCn1c2ccccc2c2cc(-c3cccc(-c4o[c-]c5c4c4ccccc4c4ccnn54)c3)ccc21.[Ir]. The molecule has 5 heteroatoms. The minimum Gasteiger partial charge on any atom is -0.588 e. The van der Waals surface area contributed by atoms with Crippen LogP contribution in [0.4, 0.5) is 0 Å². The molecule has 4 aromatic carbocycles. The number of benzene rings is 4. The Labute approximate surface area is 232 Å². The van der Waals surface area contributed by atoms with Crippen LogP contribution < -0.4 is 0 Å². The van der Waals surface area contributed by atoms with Crippen LogP contribution in [0.25, 0.3) is 71.4 Å². The van der Waals surface area contributed by atoms with Crippen LogP contribution in [-0.4, -0.2) is 14.2 Å². The summed E-state index contributed by atoms with van der Waals surface area (Å²) in [4.78, 5) is 0. The first-order valence-corrected chi connectivity index (χ1v) is 12.6. The first-order valence-electron chi connectivity index (χ1n) is 12.6. The van der Waals surface area contributed by atoms with Crippen molar-refractivity contribution in [3.8, 4) is 22.5 Å². The van der Waals surface area contributed by atoms with E-state index in [0.29, 0.717) is 0 Å². The van der Waals surface area contributed by atoms with Crippen molar-refractivity contribution in [1.29, 1.82) is 0 Å². The topological polar surface area (TPSA) is 35.4 Å². The number of hydrogen-bond acceptors (Lipinski definition) is 2. The Bertz CT molecular complexity index is 2150. The molecule has 4 aromatic heterocycles. The summed E-state index contributed by atoms with van der Waals surface area (Å²) in [6.45, 7) is 3.15. The molecule has 0 saturated carbocycles. The van der Waals surface area contributed by atoms with Gasteiger partial charge in [0.1, 0.15) is 0 Å². The fourth-order valence-electron chi connectivity index (χ4n) is 5.94. The quantitative estimate of drug-likeness (QED) is 0.177. The number of rotatable bonds is 3. The Morgan fingerprint density at radius 1 is 0.684 bits per heavy atom. The van der Waals surface area contributed by atoms with Gasteiger partial charge in [0.05, 0.1) is 5.52 Å². The van der Waals surface area contributed by atoms with Gasteiger partial charge in [0.2, 0.25) is 0 Å². The predicted molar refractivity (Wildman–Crippen MR) is 151 cm³/mol. The largest absolute Gasteiger partial charge is 0.588 e. The summed E-state index contributed by atoms with van der Waals surface area (Å²) in [7, 11) is 0. The molecular weight excluding hydrogens is 647 g/mol. The number of aryl methyl sites for hydroxylation is 1. The monoisotopic (exact) mass is 669 g/mol. The van der Waals surface area contributed by atoms with E-state index in [1.807, 2.05) is 16.8 Å². The third-order valence-electron chi connectivity index (χ3n) is 7.59. The van der Waals surface area contributed by atoms with Gasteiger partial charge in [0, 0.05) is 60.9 Å². The van der Waals surface area contributed by atoms with Gasteiger partial charge in [-0.05, 0) is 59.0 Å². The third kappa shape index (κ3) is 3.16. The van der Waals surface area contributed by atoms with Crippen LogP contribution in [0.1, 0.15) is 6.92 Å². The molecule has 38 heavy (non-hydrogen) atoms. The Balaban J connectivity index is 0.00000242. The Morgan fingerprint density at radius 3 is 2.24 bits per heavy atom. The smallest absolute Gasteiger partial charge is 0.0712 e. The fourth-order valence-corrected chi connectivity index (χ4v) is 5.94. The second kappa shape index (κ2) is 8.69. The Hall–Kier alpha value is -4.18. The predicted octanol–water partition coefficient (Wildman–Crippen LogP) is 8.49. The number of para-hydroxylation sites is 1. The van der Waals surface area contributed by atoms with Crippen molar-refractivity contribution >= 4 is 49.0 Å². The van der Waals surface area contributed by atoms with Gasteiger partial charge in [-0.25, -0.2) is 0 Å². The van der Waals surface area contributed by atoms with Crippen molar-refractivity contribution in [1.82, 2.24) is 14.2 Å². The second-order valence-corrected chi connectivity index (χ2v) is 9.50. The summed E-state index contributed by atoms with van der Waals surface area (Å²) in [6.07, 6.45) is 4.97. The normalized spacial score (nSPS) is 11.7. The van der Waals surface area contributed by atoms with E-state index in [2.05, 4.69) is 114 Å². The maximum atomic E-state index is 6.13. The van der Waals surface area contributed by atoms with E-state index in [9.17, 15) is 0 Å². The molecule has 8 aromatic rings. The maximum Gasteiger partial charge on any atom is 0.0712 e. The van der Waals surface area contributed by atoms with Gasteiger partial charge < -0.3 is 8.98 Å². The summed E-state index contributed by atoms with van der Waals surface area (Å²) in [5.74, 6) is 0.814. The molecule has 0 saturated heterocycles. The number of fused-ring (bicyclic) bond motifs is 9. The van der Waals surface area contributed by atoms with Crippen molar-refractivity contribution < 1.29 is 24.5 Å². The van der Waals surface area contributed by atoms with Crippen LogP contribution in [0.2, 0.25) is 0 Å². The number of furan rings is 1. The summed E-state index contributed by atoms with van der Waals surface area (Å²) in [5.41, 5.74) is 7.82. The molecule has 0 aliphatic rings. The van der Waals surface area contributed by atoms with Gasteiger partial charge in [-0.15, -0.1) is 5.39 Å². The molecule has 185 valence electrons. The number of pyridine rings is 1. The number of nitrogens with zero attached hydrogens (tertiary/aromatic N) is 3. The van der Waals surface area contributed by atoms with Crippen molar-refractivity contribution in [2.45, 2.75) is 13.5 Å². The van der Waals surface area contributed by atoms with E-state index in [0.717, 1.165) is 50.6 Å². The third-order valence-corrected chi connectivity index (χ3v) is 7.59. The van der Waals surface area contributed by atoms with E-state index < -0.39 is 0 Å².